The van der Waals surface area contributed by atoms with E-state index in [4.69, 9.17) is 5.11 Å². The van der Waals surface area contributed by atoms with Gasteiger partial charge in [-0.25, -0.2) is 9.97 Å². The second-order valence-corrected chi connectivity index (χ2v) is 3.60. The molecule has 1 aliphatic heterocycles. The molecule has 0 spiro atoms. The number of anilines is 1. The van der Waals surface area contributed by atoms with Crippen LogP contribution in [0.4, 0.5) is 5.95 Å². The summed E-state index contributed by atoms with van der Waals surface area (Å²) in [7, 11) is 0. The van der Waals surface area contributed by atoms with Crippen LogP contribution in [0.15, 0.2) is 18.5 Å². The van der Waals surface area contributed by atoms with E-state index in [9.17, 15) is 0 Å². The van der Waals surface area contributed by atoms with Crippen molar-refractivity contribution < 1.29 is 5.11 Å². The van der Waals surface area contributed by atoms with Crippen molar-refractivity contribution in [2.45, 2.75) is 0 Å². The van der Waals surface area contributed by atoms with Crippen molar-refractivity contribution in [1.29, 1.82) is 0 Å². The molecule has 1 aromatic rings. The second kappa shape index (κ2) is 5.04. The van der Waals surface area contributed by atoms with Crippen LogP contribution < -0.4 is 4.90 Å². The fraction of sp³-hybridized carbons (Fsp3) is 0.600. The summed E-state index contributed by atoms with van der Waals surface area (Å²) >= 11 is 0. The predicted molar refractivity (Wildman–Crippen MR) is 57.8 cm³/mol. The summed E-state index contributed by atoms with van der Waals surface area (Å²) < 4.78 is 0. The van der Waals surface area contributed by atoms with Gasteiger partial charge in [-0.15, -0.1) is 0 Å². The van der Waals surface area contributed by atoms with Crippen LogP contribution in [0.3, 0.4) is 0 Å². The van der Waals surface area contributed by atoms with Gasteiger partial charge in [-0.3, -0.25) is 4.90 Å². The molecule has 0 aliphatic carbocycles. The van der Waals surface area contributed by atoms with E-state index in [2.05, 4.69) is 19.8 Å². The Hall–Kier alpha value is -1.20. The van der Waals surface area contributed by atoms with Crippen molar-refractivity contribution in [3.05, 3.63) is 18.5 Å². The highest BCUT2D eigenvalue weighted by Gasteiger charge is 2.17. The molecule has 0 amide bonds. The molecule has 0 saturated carbocycles. The molecule has 15 heavy (non-hydrogen) atoms. The topological polar surface area (TPSA) is 52.5 Å². The average molecular weight is 208 g/mol. The molecule has 1 fully saturated rings. The van der Waals surface area contributed by atoms with E-state index in [1.807, 2.05) is 6.07 Å². The minimum Gasteiger partial charge on any atom is -0.395 e. The van der Waals surface area contributed by atoms with Crippen LogP contribution in [0.25, 0.3) is 0 Å². The van der Waals surface area contributed by atoms with Crippen molar-refractivity contribution >= 4 is 5.95 Å². The van der Waals surface area contributed by atoms with E-state index in [1.165, 1.54) is 0 Å². The summed E-state index contributed by atoms with van der Waals surface area (Å²) in [5, 5.41) is 8.82. The molecule has 0 radical (unpaired) electrons. The highest BCUT2D eigenvalue weighted by atomic mass is 16.3. The second-order valence-electron chi connectivity index (χ2n) is 3.60. The lowest BCUT2D eigenvalue weighted by Crippen LogP contribution is -2.47. The van der Waals surface area contributed by atoms with Crippen LogP contribution in [-0.4, -0.2) is 59.3 Å². The lowest BCUT2D eigenvalue weighted by molar-refractivity contribution is 0.188. The van der Waals surface area contributed by atoms with Gasteiger partial charge < -0.3 is 10.0 Å². The minimum atomic E-state index is 0.238. The third-order valence-corrected chi connectivity index (χ3v) is 2.62. The molecule has 2 rings (SSSR count). The highest BCUT2D eigenvalue weighted by molar-refractivity contribution is 5.29. The zero-order chi connectivity index (χ0) is 10.5. The average Bonchev–Trinajstić information content (AvgIpc) is 2.32. The number of hydrogen-bond donors (Lipinski definition) is 1. The van der Waals surface area contributed by atoms with Crippen LogP contribution in [0, 0.1) is 0 Å². The summed E-state index contributed by atoms with van der Waals surface area (Å²) in [5.41, 5.74) is 0. The molecule has 1 saturated heterocycles. The van der Waals surface area contributed by atoms with Gasteiger partial charge in [-0.05, 0) is 6.07 Å². The first-order chi connectivity index (χ1) is 7.40. The Kier molecular flexibility index (Phi) is 3.47. The standard InChI is InChI=1S/C10H16N4O/c15-9-8-13-4-6-14(7-5-13)10-11-2-1-3-12-10/h1-3,15H,4-9H2. The lowest BCUT2D eigenvalue weighted by atomic mass is 10.3. The van der Waals surface area contributed by atoms with Gasteiger partial charge in [-0.1, -0.05) is 0 Å². The number of hydrogen-bond acceptors (Lipinski definition) is 5. The van der Waals surface area contributed by atoms with E-state index in [1.54, 1.807) is 12.4 Å². The summed E-state index contributed by atoms with van der Waals surface area (Å²) in [6.45, 7) is 4.82. The van der Waals surface area contributed by atoms with Gasteiger partial charge in [0.05, 0.1) is 6.61 Å². The largest absolute Gasteiger partial charge is 0.395 e. The van der Waals surface area contributed by atoms with Gasteiger partial charge in [0, 0.05) is 45.1 Å². The zero-order valence-electron chi connectivity index (χ0n) is 8.71. The fourth-order valence-corrected chi connectivity index (χ4v) is 1.77. The van der Waals surface area contributed by atoms with Crippen LogP contribution >= 0.6 is 0 Å². The first-order valence-electron chi connectivity index (χ1n) is 5.25. The Morgan fingerprint density at radius 3 is 2.40 bits per heavy atom. The molecule has 1 aliphatic rings. The Morgan fingerprint density at radius 1 is 1.13 bits per heavy atom. The van der Waals surface area contributed by atoms with E-state index >= 15 is 0 Å². The molecule has 1 aromatic heterocycles. The Morgan fingerprint density at radius 2 is 1.80 bits per heavy atom. The molecule has 0 unspecified atom stereocenters. The van der Waals surface area contributed by atoms with Gasteiger partial charge in [0.2, 0.25) is 5.95 Å². The normalized spacial score (nSPS) is 18.1. The zero-order valence-corrected chi connectivity index (χ0v) is 8.71. The van der Waals surface area contributed by atoms with E-state index in [0.29, 0.717) is 0 Å². The van der Waals surface area contributed by atoms with E-state index < -0.39 is 0 Å². The van der Waals surface area contributed by atoms with Gasteiger partial charge in [0.15, 0.2) is 0 Å². The first kappa shape index (κ1) is 10.3. The number of aliphatic hydroxyl groups is 1. The molecule has 1 N–H and O–H groups in total. The molecule has 82 valence electrons. The maximum atomic E-state index is 8.82. The molecule has 0 bridgehead atoms. The fourth-order valence-electron chi connectivity index (χ4n) is 1.77. The SMILES string of the molecule is OCCN1CCN(c2ncccn2)CC1. The lowest BCUT2D eigenvalue weighted by Gasteiger charge is -2.34. The van der Waals surface area contributed by atoms with Gasteiger partial charge >= 0.3 is 0 Å². The number of aliphatic hydroxyl groups excluding tert-OH is 1. The Labute approximate surface area is 89.4 Å². The monoisotopic (exact) mass is 208 g/mol. The molecule has 5 nitrogen and oxygen atoms in total. The van der Waals surface area contributed by atoms with Gasteiger partial charge in [-0.2, -0.15) is 0 Å². The smallest absolute Gasteiger partial charge is 0.225 e. The van der Waals surface area contributed by atoms with Crippen LogP contribution in [0.1, 0.15) is 0 Å². The third-order valence-electron chi connectivity index (χ3n) is 2.62. The van der Waals surface area contributed by atoms with Crippen molar-refractivity contribution in [2.75, 3.05) is 44.2 Å². The quantitative estimate of drug-likeness (QED) is 0.732. The molecular weight excluding hydrogens is 192 g/mol. The van der Waals surface area contributed by atoms with Crippen molar-refractivity contribution in [1.82, 2.24) is 14.9 Å². The van der Waals surface area contributed by atoms with Crippen LogP contribution in [0.2, 0.25) is 0 Å². The molecule has 2 heterocycles. The molecule has 5 heteroatoms. The number of piperazine rings is 1. The third kappa shape index (κ3) is 2.64. The minimum absolute atomic E-state index is 0.238. The first-order valence-corrected chi connectivity index (χ1v) is 5.25. The Bertz CT molecular complexity index is 285. The van der Waals surface area contributed by atoms with Crippen molar-refractivity contribution in [2.24, 2.45) is 0 Å². The summed E-state index contributed by atoms with van der Waals surface area (Å²) in [6, 6.07) is 1.82. The van der Waals surface area contributed by atoms with E-state index in [0.717, 1.165) is 38.7 Å². The number of rotatable bonds is 3. The van der Waals surface area contributed by atoms with Crippen molar-refractivity contribution in [3.63, 3.8) is 0 Å². The molecular formula is C10H16N4O. The highest BCUT2D eigenvalue weighted by Crippen LogP contribution is 2.08. The van der Waals surface area contributed by atoms with Gasteiger partial charge in [0.1, 0.15) is 0 Å². The Balaban J connectivity index is 1.88. The number of β-amino-alcohol motifs (C(OH)–C–C–N with tert-alkyl or cyclic N) is 1. The van der Waals surface area contributed by atoms with Gasteiger partial charge in [0.25, 0.3) is 0 Å². The summed E-state index contributed by atoms with van der Waals surface area (Å²) in [5.74, 6) is 0.807. The van der Waals surface area contributed by atoms with Crippen LogP contribution in [-0.2, 0) is 0 Å². The number of nitrogens with zero attached hydrogens (tertiary/aromatic N) is 4. The predicted octanol–water partition coefficient (Wildman–Crippen LogP) is -0.409. The van der Waals surface area contributed by atoms with E-state index in [-0.39, 0.29) is 6.61 Å². The maximum absolute atomic E-state index is 8.82. The molecule has 0 atom stereocenters. The van der Waals surface area contributed by atoms with Crippen LogP contribution in [0.5, 0.6) is 0 Å². The maximum Gasteiger partial charge on any atom is 0.225 e. The summed E-state index contributed by atoms with van der Waals surface area (Å²) in [4.78, 5) is 12.9. The number of aromatic nitrogens is 2. The summed E-state index contributed by atoms with van der Waals surface area (Å²) in [6.07, 6.45) is 3.53. The van der Waals surface area contributed by atoms with Crippen molar-refractivity contribution in [3.8, 4) is 0 Å². The molecule has 0 aromatic carbocycles.